The minimum atomic E-state index is -0.309. The van der Waals surface area contributed by atoms with Crippen LogP contribution in [-0.4, -0.2) is 17.4 Å². The van der Waals surface area contributed by atoms with Crippen molar-refractivity contribution >= 4 is 11.7 Å². The average Bonchev–Trinajstić information content (AvgIpc) is 2.23. The van der Waals surface area contributed by atoms with Gasteiger partial charge in [-0.3, -0.25) is 4.79 Å². The molecule has 16 heavy (non-hydrogen) atoms. The second kappa shape index (κ2) is 5.71. The number of nitrogens with one attached hydrogen (secondary N) is 1. The number of nitrogens with two attached hydrogens (primary N) is 1. The van der Waals surface area contributed by atoms with Crippen LogP contribution in [0.1, 0.15) is 24.1 Å². The molecule has 5 nitrogen and oxygen atoms in total. The van der Waals surface area contributed by atoms with E-state index >= 15 is 0 Å². The number of carbonyl (C=O) groups is 1. The van der Waals surface area contributed by atoms with Crippen molar-refractivity contribution in [2.24, 2.45) is 5.73 Å². The maximum Gasteiger partial charge on any atom is 0.217 e. The Morgan fingerprint density at radius 2 is 2.38 bits per heavy atom. The third-order valence-corrected chi connectivity index (χ3v) is 1.99. The average molecular weight is 218 g/mol. The van der Waals surface area contributed by atoms with Crippen LogP contribution in [0.25, 0.3) is 0 Å². The van der Waals surface area contributed by atoms with E-state index in [2.05, 4.69) is 16.4 Å². The van der Waals surface area contributed by atoms with E-state index in [0.29, 0.717) is 30.8 Å². The number of pyridine rings is 1. The Hall–Kier alpha value is -2.09. The fourth-order valence-electron chi connectivity index (χ4n) is 1.30. The highest BCUT2D eigenvalue weighted by molar-refractivity contribution is 5.73. The normalized spacial score (nSPS) is 9.50. The van der Waals surface area contributed by atoms with E-state index in [1.807, 2.05) is 6.92 Å². The zero-order valence-electron chi connectivity index (χ0n) is 9.16. The summed E-state index contributed by atoms with van der Waals surface area (Å²) in [4.78, 5) is 14.7. The number of carbonyl (C=O) groups excluding carboxylic acids is 1. The van der Waals surface area contributed by atoms with Crippen LogP contribution >= 0.6 is 0 Å². The molecule has 0 aliphatic rings. The molecule has 0 bridgehead atoms. The monoisotopic (exact) mass is 218 g/mol. The Labute approximate surface area is 94.3 Å². The Balaban J connectivity index is 2.51. The first kappa shape index (κ1) is 12.0. The van der Waals surface area contributed by atoms with Crippen LogP contribution in [-0.2, 0) is 4.79 Å². The van der Waals surface area contributed by atoms with Gasteiger partial charge in [0, 0.05) is 18.7 Å². The van der Waals surface area contributed by atoms with Gasteiger partial charge >= 0.3 is 0 Å². The smallest absolute Gasteiger partial charge is 0.217 e. The molecule has 0 spiro atoms. The Morgan fingerprint density at radius 1 is 1.62 bits per heavy atom. The molecule has 0 saturated carbocycles. The van der Waals surface area contributed by atoms with E-state index in [-0.39, 0.29) is 5.91 Å². The molecule has 0 aliphatic carbocycles. The second-order valence-electron chi connectivity index (χ2n) is 3.49. The van der Waals surface area contributed by atoms with Crippen molar-refractivity contribution in [2.45, 2.75) is 19.8 Å². The first-order valence-corrected chi connectivity index (χ1v) is 5.03. The van der Waals surface area contributed by atoms with E-state index in [9.17, 15) is 4.79 Å². The highest BCUT2D eigenvalue weighted by Gasteiger charge is 1.99. The minimum Gasteiger partial charge on any atom is -0.370 e. The molecular formula is C11H14N4O. The quantitative estimate of drug-likeness (QED) is 0.719. The number of nitrogens with zero attached hydrogens (tertiary/aromatic N) is 2. The molecule has 5 heteroatoms. The van der Waals surface area contributed by atoms with Gasteiger partial charge in [0.15, 0.2) is 0 Å². The van der Waals surface area contributed by atoms with Crippen LogP contribution in [0.15, 0.2) is 12.1 Å². The number of hydrogen-bond acceptors (Lipinski definition) is 4. The van der Waals surface area contributed by atoms with Crippen molar-refractivity contribution in [3.8, 4) is 6.07 Å². The van der Waals surface area contributed by atoms with Gasteiger partial charge in [-0.2, -0.15) is 5.26 Å². The van der Waals surface area contributed by atoms with Crippen LogP contribution in [0.2, 0.25) is 0 Å². The first-order valence-electron chi connectivity index (χ1n) is 5.03. The number of rotatable bonds is 5. The number of nitriles is 1. The van der Waals surface area contributed by atoms with Crippen molar-refractivity contribution in [2.75, 3.05) is 11.9 Å². The summed E-state index contributed by atoms with van der Waals surface area (Å²) in [7, 11) is 0. The predicted molar refractivity (Wildman–Crippen MR) is 60.6 cm³/mol. The van der Waals surface area contributed by atoms with Gasteiger partial charge in [0.25, 0.3) is 0 Å². The lowest BCUT2D eigenvalue weighted by atomic mass is 10.2. The molecule has 0 unspecified atom stereocenters. The summed E-state index contributed by atoms with van der Waals surface area (Å²) in [5.41, 5.74) is 6.38. The largest absolute Gasteiger partial charge is 0.370 e. The Kier molecular flexibility index (Phi) is 4.28. The zero-order valence-corrected chi connectivity index (χ0v) is 9.16. The molecule has 0 radical (unpaired) electrons. The fourth-order valence-corrected chi connectivity index (χ4v) is 1.30. The molecule has 0 fully saturated rings. The fraction of sp³-hybridized carbons (Fsp3) is 0.364. The molecule has 0 atom stereocenters. The van der Waals surface area contributed by atoms with Gasteiger partial charge in [0.1, 0.15) is 5.82 Å². The third kappa shape index (κ3) is 3.96. The minimum absolute atomic E-state index is 0.309. The van der Waals surface area contributed by atoms with Crippen molar-refractivity contribution < 1.29 is 4.79 Å². The van der Waals surface area contributed by atoms with Crippen LogP contribution < -0.4 is 11.1 Å². The summed E-state index contributed by atoms with van der Waals surface area (Å²) in [6.07, 6.45) is 1.01. The SMILES string of the molecule is Cc1cc(C#N)cc(NCCCC(N)=O)n1. The van der Waals surface area contributed by atoms with Crippen molar-refractivity contribution in [3.63, 3.8) is 0 Å². The number of aromatic nitrogens is 1. The van der Waals surface area contributed by atoms with Crippen LogP contribution in [0.4, 0.5) is 5.82 Å². The zero-order chi connectivity index (χ0) is 12.0. The van der Waals surface area contributed by atoms with Gasteiger partial charge in [-0.05, 0) is 25.5 Å². The number of aryl methyl sites for hydroxylation is 1. The van der Waals surface area contributed by atoms with Gasteiger partial charge in [0.05, 0.1) is 11.6 Å². The summed E-state index contributed by atoms with van der Waals surface area (Å²) in [6, 6.07) is 5.46. The van der Waals surface area contributed by atoms with Gasteiger partial charge in [-0.15, -0.1) is 0 Å². The summed E-state index contributed by atoms with van der Waals surface area (Å²) in [6.45, 7) is 2.44. The standard InChI is InChI=1S/C11H14N4O/c1-8-5-9(7-12)6-11(15-8)14-4-2-3-10(13)16/h5-6H,2-4H2,1H3,(H2,13,16)(H,14,15). The van der Waals surface area contributed by atoms with E-state index in [1.165, 1.54) is 0 Å². The van der Waals surface area contributed by atoms with Crippen molar-refractivity contribution in [3.05, 3.63) is 23.4 Å². The first-order chi connectivity index (χ1) is 7.61. The highest BCUT2D eigenvalue weighted by atomic mass is 16.1. The molecule has 1 heterocycles. The summed E-state index contributed by atoms with van der Waals surface area (Å²) in [5, 5.41) is 11.8. The van der Waals surface area contributed by atoms with E-state index in [0.717, 1.165) is 5.69 Å². The second-order valence-corrected chi connectivity index (χ2v) is 3.49. The van der Waals surface area contributed by atoms with E-state index < -0.39 is 0 Å². The van der Waals surface area contributed by atoms with Crippen LogP contribution in [0, 0.1) is 18.3 Å². The molecule has 1 aromatic rings. The maximum atomic E-state index is 10.5. The van der Waals surface area contributed by atoms with E-state index in [4.69, 9.17) is 11.0 Å². The topological polar surface area (TPSA) is 91.8 Å². The molecule has 3 N–H and O–H groups in total. The number of hydrogen-bond donors (Lipinski definition) is 2. The number of primary amides is 1. The highest BCUT2D eigenvalue weighted by Crippen LogP contribution is 2.09. The molecule has 0 aromatic carbocycles. The molecule has 1 rings (SSSR count). The molecule has 1 amide bonds. The Bertz CT molecular complexity index is 422. The summed E-state index contributed by atoms with van der Waals surface area (Å²) >= 11 is 0. The summed E-state index contributed by atoms with van der Waals surface area (Å²) < 4.78 is 0. The molecule has 0 aliphatic heterocycles. The van der Waals surface area contributed by atoms with Crippen LogP contribution in [0.3, 0.4) is 0 Å². The van der Waals surface area contributed by atoms with Crippen molar-refractivity contribution in [1.82, 2.24) is 4.98 Å². The van der Waals surface area contributed by atoms with Crippen LogP contribution in [0.5, 0.6) is 0 Å². The molecular weight excluding hydrogens is 204 g/mol. The van der Waals surface area contributed by atoms with Gasteiger partial charge in [0.2, 0.25) is 5.91 Å². The third-order valence-electron chi connectivity index (χ3n) is 1.99. The predicted octanol–water partition coefficient (Wildman–Crippen LogP) is 0.939. The molecule has 1 aromatic heterocycles. The number of amides is 1. The summed E-state index contributed by atoms with van der Waals surface area (Å²) in [5.74, 6) is 0.345. The van der Waals surface area contributed by atoms with Gasteiger partial charge < -0.3 is 11.1 Å². The lowest BCUT2D eigenvalue weighted by Crippen LogP contribution is -2.13. The number of anilines is 1. The van der Waals surface area contributed by atoms with Gasteiger partial charge in [-0.1, -0.05) is 0 Å². The molecule has 84 valence electrons. The maximum absolute atomic E-state index is 10.5. The lowest BCUT2D eigenvalue weighted by Gasteiger charge is -2.05. The Morgan fingerprint density at radius 3 is 3.00 bits per heavy atom. The van der Waals surface area contributed by atoms with Crippen molar-refractivity contribution in [1.29, 1.82) is 5.26 Å². The van der Waals surface area contributed by atoms with Gasteiger partial charge in [-0.25, -0.2) is 4.98 Å². The van der Waals surface area contributed by atoms with E-state index in [1.54, 1.807) is 12.1 Å². The lowest BCUT2D eigenvalue weighted by molar-refractivity contribution is -0.118. The molecule has 0 saturated heterocycles.